The summed E-state index contributed by atoms with van der Waals surface area (Å²) in [6.45, 7) is 1.90. The van der Waals surface area contributed by atoms with E-state index in [1.807, 2.05) is 43.3 Å². The first-order valence-corrected chi connectivity index (χ1v) is 15.4. The molecule has 0 radical (unpaired) electrons. The second kappa shape index (κ2) is 14.9. The third kappa shape index (κ3) is 7.72. The summed E-state index contributed by atoms with van der Waals surface area (Å²) in [5.74, 6) is -1.75. The van der Waals surface area contributed by atoms with Crippen LogP contribution in [-0.2, 0) is 14.3 Å². The number of rotatable bonds is 11. The number of nitrogens with one attached hydrogen (secondary N) is 4. The van der Waals surface area contributed by atoms with Crippen LogP contribution in [0.3, 0.4) is 0 Å². The summed E-state index contributed by atoms with van der Waals surface area (Å²) < 4.78 is 4.84. The Kier molecular flexibility index (Phi) is 10.3. The maximum Gasteiger partial charge on any atom is 0.339 e. The van der Waals surface area contributed by atoms with Crippen LogP contribution in [0.15, 0.2) is 120 Å². The van der Waals surface area contributed by atoms with E-state index in [0.29, 0.717) is 23.4 Å². The lowest BCUT2D eigenvalue weighted by atomic mass is 10.1. The van der Waals surface area contributed by atoms with E-state index in [-0.39, 0.29) is 17.2 Å². The van der Waals surface area contributed by atoms with Gasteiger partial charge in [-0.05, 0) is 61.0 Å². The number of carbonyl (C=O) groups is 4. The van der Waals surface area contributed by atoms with Gasteiger partial charge in [0.05, 0.1) is 23.6 Å². The van der Waals surface area contributed by atoms with Crippen molar-refractivity contribution in [3.05, 3.63) is 132 Å². The molecule has 4 aromatic carbocycles. The Bertz CT molecular complexity index is 1920. The third-order valence-corrected chi connectivity index (χ3v) is 8.43. The SMILES string of the molecule is CCC(Sc1cccc(NC(=O)/C(=C\c2c[nH]c3ccccc23)NC(=O)c2ccccc2)c1)C(=O)Nc1ccccc1C(=O)OC. The minimum atomic E-state index is -0.543. The van der Waals surface area contributed by atoms with Crippen molar-refractivity contribution >= 4 is 63.8 Å². The molecular weight excluding hydrogens is 600 g/mol. The maximum atomic E-state index is 13.6. The van der Waals surface area contributed by atoms with E-state index in [0.717, 1.165) is 21.4 Å². The number of para-hydroxylation sites is 2. The van der Waals surface area contributed by atoms with Crippen LogP contribution in [0.1, 0.15) is 39.6 Å². The van der Waals surface area contributed by atoms with Crippen molar-refractivity contribution in [3.63, 3.8) is 0 Å². The molecule has 4 N–H and O–H groups in total. The molecule has 1 aromatic heterocycles. The fraction of sp³-hybridized carbons (Fsp3) is 0.111. The van der Waals surface area contributed by atoms with Gasteiger partial charge < -0.3 is 25.7 Å². The zero-order valence-electron chi connectivity index (χ0n) is 25.2. The van der Waals surface area contributed by atoms with Crippen LogP contribution in [0.25, 0.3) is 17.0 Å². The molecule has 232 valence electrons. The maximum absolute atomic E-state index is 13.6. The zero-order chi connectivity index (χ0) is 32.5. The van der Waals surface area contributed by atoms with E-state index >= 15 is 0 Å². The highest BCUT2D eigenvalue weighted by Crippen LogP contribution is 2.29. The van der Waals surface area contributed by atoms with Crippen molar-refractivity contribution in [3.8, 4) is 0 Å². The standard InChI is InChI=1S/C36H32N4O5S/c1-3-32(35(43)39-30-19-10-8-17-28(30)36(44)45-2)46-26-15-11-14-25(21-26)38-34(42)31(40-33(41)23-12-5-4-6-13-23)20-24-22-37-29-18-9-7-16-27(24)29/h4-22,32,37H,3H2,1-2H3,(H,38,42)(H,39,43)(H,40,41)/b31-20+. The van der Waals surface area contributed by atoms with Gasteiger partial charge in [0.1, 0.15) is 5.70 Å². The van der Waals surface area contributed by atoms with Gasteiger partial charge in [-0.3, -0.25) is 14.4 Å². The Labute approximate surface area is 270 Å². The molecule has 0 bridgehead atoms. The van der Waals surface area contributed by atoms with Gasteiger partial charge in [-0.2, -0.15) is 0 Å². The molecule has 3 amide bonds. The quantitative estimate of drug-likeness (QED) is 0.0714. The Balaban J connectivity index is 1.34. The van der Waals surface area contributed by atoms with E-state index in [4.69, 9.17) is 4.74 Å². The van der Waals surface area contributed by atoms with Crippen molar-refractivity contribution in [1.82, 2.24) is 10.3 Å². The minimum absolute atomic E-state index is 0.0618. The minimum Gasteiger partial charge on any atom is -0.465 e. The van der Waals surface area contributed by atoms with Gasteiger partial charge in [-0.1, -0.05) is 61.5 Å². The van der Waals surface area contributed by atoms with Gasteiger partial charge in [0.25, 0.3) is 11.8 Å². The van der Waals surface area contributed by atoms with Crippen molar-refractivity contribution < 1.29 is 23.9 Å². The van der Waals surface area contributed by atoms with E-state index < -0.39 is 23.0 Å². The van der Waals surface area contributed by atoms with Crippen molar-refractivity contribution in [2.45, 2.75) is 23.5 Å². The number of H-pyrrole nitrogens is 1. The Morgan fingerprint density at radius 2 is 1.61 bits per heavy atom. The van der Waals surface area contributed by atoms with Crippen LogP contribution in [0.5, 0.6) is 0 Å². The molecule has 0 aliphatic rings. The monoisotopic (exact) mass is 632 g/mol. The summed E-state index contributed by atoms with van der Waals surface area (Å²) in [7, 11) is 1.29. The molecule has 10 heteroatoms. The molecule has 5 aromatic rings. The topological polar surface area (TPSA) is 129 Å². The number of hydrogen-bond donors (Lipinski definition) is 4. The lowest BCUT2D eigenvalue weighted by Crippen LogP contribution is -2.30. The molecule has 1 unspecified atom stereocenters. The van der Waals surface area contributed by atoms with E-state index in [1.165, 1.54) is 18.9 Å². The van der Waals surface area contributed by atoms with Crippen LogP contribution in [0.4, 0.5) is 11.4 Å². The number of aromatic amines is 1. The van der Waals surface area contributed by atoms with E-state index in [2.05, 4.69) is 20.9 Å². The predicted molar refractivity (Wildman–Crippen MR) is 182 cm³/mol. The number of esters is 1. The van der Waals surface area contributed by atoms with Gasteiger partial charge in [0.15, 0.2) is 0 Å². The smallest absolute Gasteiger partial charge is 0.339 e. The first-order chi connectivity index (χ1) is 22.4. The van der Waals surface area contributed by atoms with Crippen molar-refractivity contribution in [1.29, 1.82) is 0 Å². The largest absolute Gasteiger partial charge is 0.465 e. The lowest BCUT2D eigenvalue weighted by molar-refractivity contribution is -0.116. The van der Waals surface area contributed by atoms with Gasteiger partial charge in [-0.15, -0.1) is 11.8 Å². The molecule has 0 aliphatic heterocycles. The number of amides is 3. The molecular formula is C36H32N4O5S. The number of fused-ring (bicyclic) bond motifs is 1. The number of anilines is 2. The Hall–Kier alpha value is -5.61. The van der Waals surface area contributed by atoms with E-state index in [1.54, 1.807) is 79.0 Å². The molecule has 1 heterocycles. The highest BCUT2D eigenvalue weighted by atomic mass is 32.2. The molecule has 0 saturated carbocycles. The molecule has 1 atom stereocenters. The first kappa shape index (κ1) is 31.8. The number of methoxy groups -OCH3 is 1. The number of thioether (sulfide) groups is 1. The molecule has 46 heavy (non-hydrogen) atoms. The number of benzene rings is 4. The average molecular weight is 633 g/mol. The molecule has 0 aliphatic carbocycles. The van der Waals surface area contributed by atoms with Gasteiger partial charge in [-0.25, -0.2) is 4.79 Å². The van der Waals surface area contributed by atoms with Crippen LogP contribution in [0.2, 0.25) is 0 Å². The summed E-state index contributed by atoms with van der Waals surface area (Å²) in [6.07, 6.45) is 3.93. The van der Waals surface area contributed by atoms with Gasteiger partial charge in [0, 0.05) is 38.8 Å². The summed E-state index contributed by atoms with van der Waals surface area (Å²) in [6, 6.07) is 30.1. The Morgan fingerprint density at radius 1 is 0.870 bits per heavy atom. The molecule has 0 spiro atoms. The van der Waals surface area contributed by atoms with Crippen LogP contribution in [-0.4, -0.2) is 41.0 Å². The van der Waals surface area contributed by atoms with Crippen LogP contribution in [0, 0.1) is 0 Å². The van der Waals surface area contributed by atoms with Crippen molar-refractivity contribution in [2.24, 2.45) is 0 Å². The summed E-state index contributed by atoms with van der Waals surface area (Å²) in [5.41, 5.74) is 3.23. The normalized spacial score (nSPS) is 11.8. The first-order valence-electron chi connectivity index (χ1n) is 14.6. The summed E-state index contributed by atoms with van der Waals surface area (Å²) in [5, 5.41) is 8.92. The lowest BCUT2D eigenvalue weighted by Gasteiger charge is -2.17. The summed E-state index contributed by atoms with van der Waals surface area (Å²) >= 11 is 1.33. The van der Waals surface area contributed by atoms with E-state index in [9.17, 15) is 19.2 Å². The predicted octanol–water partition coefficient (Wildman–Crippen LogP) is 6.87. The number of ether oxygens (including phenoxy) is 1. The van der Waals surface area contributed by atoms with Crippen LogP contribution < -0.4 is 16.0 Å². The van der Waals surface area contributed by atoms with Crippen molar-refractivity contribution in [2.75, 3.05) is 17.7 Å². The second-order valence-electron chi connectivity index (χ2n) is 10.2. The zero-order valence-corrected chi connectivity index (χ0v) is 26.0. The van der Waals surface area contributed by atoms with Crippen LogP contribution >= 0.6 is 11.8 Å². The fourth-order valence-electron chi connectivity index (χ4n) is 4.74. The fourth-order valence-corrected chi connectivity index (χ4v) is 5.75. The molecule has 5 rings (SSSR count). The number of hydrogen-bond acceptors (Lipinski definition) is 6. The second-order valence-corrected chi connectivity index (χ2v) is 11.5. The van der Waals surface area contributed by atoms with Gasteiger partial charge in [0.2, 0.25) is 5.91 Å². The number of aromatic nitrogens is 1. The highest BCUT2D eigenvalue weighted by Gasteiger charge is 2.22. The third-order valence-electron chi connectivity index (χ3n) is 7.07. The average Bonchev–Trinajstić information content (AvgIpc) is 3.49. The number of carbonyl (C=O) groups excluding carboxylic acids is 4. The molecule has 9 nitrogen and oxygen atoms in total. The highest BCUT2D eigenvalue weighted by molar-refractivity contribution is 8.00. The molecule has 0 fully saturated rings. The Morgan fingerprint density at radius 3 is 2.39 bits per heavy atom. The molecule has 0 saturated heterocycles. The van der Waals surface area contributed by atoms with Gasteiger partial charge >= 0.3 is 5.97 Å². The summed E-state index contributed by atoms with van der Waals surface area (Å²) in [4.78, 5) is 56.0.